The maximum Gasteiger partial charge on any atom is 0.165 e. The van der Waals surface area contributed by atoms with Crippen LogP contribution in [0.4, 0.5) is 0 Å². The SMILES string of the molecule is CCO[C@@H]([O-])O[C@H]1C[C@H](n2cnc3c(Cl)ncnc32)C[C@@H]1CO. The topological polar surface area (TPSA) is 105 Å². The normalized spacial score (nSPS) is 26.0. The number of fused-ring (bicyclic) bond motifs is 1. The molecule has 0 amide bonds. The largest absolute Gasteiger partial charge is 0.809 e. The van der Waals surface area contributed by atoms with Crippen molar-refractivity contribution >= 4 is 22.8 Å². The number of rotatable bonds is 6. The van der Waals surface area contributed by atoms with Gasteiger partial charge in [0.25, 0.3) is 0 Å². The van der Waals surface area contributed by atoms with E-state index in [1.807, 2.05) is 4.57 Å². The first-order valence-electron chi connectivity index (χ1n) is 7.50. The van der Waals surface area contributed by atoms with Crippen LogP contribution in [0.1, 0.15) is 25.8 Å². The molecule has 1 aliphatic carbocycles. The monoisotopic (exact) mass is 341 g/mol. The Labute approximate surface area is 138 Å². The minimum Gasteiger partial charge on any atom is -0.809 e. The van der Waals surface area contributed by atoms with Crippen LogP contribution in [0.15, 0.2) is 12.7 Å². The summed E-state index contributed by atoms with van der Waals surface area (Å²) in [6, 6.07) is 0.0157. The first-order valence-corrected chi connectivity index (χ1v) is 7.88. The van der Waals surface area contributed by atoms with Crippen LogP contribution >= 0.6 is 11.6 Å². The lowest BCUT2D eigenvalue weighted by Gasteiger charge is -2.28. The summed E-state index contributed by atoms with van der Waals surface area (Å²) in [4.78, 5) is 12.4. The molecule has 2 aromatic rings. The van der Waals surface area contributed by atoms with Crippen molar-refractivity contribution < 1.29 is 19.7 Å². The molecule has 3 rings (SSSR count). The fourth-order valence-corrected chi connectivity index (χ4v) is 3.23. The molecule has 126 valence electrons. The van der Waals surface area contributed by atoms with E-state index < -0.39 is 6.48 Å². The number of hydrogen-bond donors (Lipinski definition) is 1. The molecule has 0 unspecified atom stereocenters. The van der Waals surface area contributed by atoms with Gasteiger partial charge in [0.05, 0.1) is 18.9 Å². The number of halogens is 1. The second-order valence-corrected chi connectivity index (χ2v) is 5.83. The second-order valence-electron chi connectivity index (χ2n) is 5.47. The Hall–Kier alpha value is -1.32. The summed E-state index contributed by atoms with van der Waals surface area (Å²) >= 11 is 6.02. The summed E-state index contributed by atoms with van der Waals surface area (Å²) in [7, 11) is 0. The Kier molecular flexibility index (Phi) is 5.08. The van der Waals surface area contributed by atoms with Crippen molar-refractivity contribution in [3.05, 3.63) is 17.8 Å². The molecule has 0 aromatic carbocycles. The first kappa shape index (κ1) is 16.5. The van der Waals surface area contributed by atoms with Gasteiger partial charge in [-0.15, -0.1) is 0 Å². The van der Waals surface area contributed by atoms with E-state index >= 15 is 0 Å². The molecule has 8 nitrogen and oxygen atoms in total. The highest BCUT2D eigenvalue weighted by atomic mass is 35.5. The van der Waals surface area contributed by atoms with Crippen LogP contribution in [0.25, 0.3) is 11.2 Å². The van der Waals surface area contributed by atoms with Crippen molar-refractivity contribution in [1.29, 1.82) is 0 Å². The number of imidazole rings is 1. The van der Waals surface area contributed by atoms with E-state index in [2.05, 4.69) is 15.0 Å². The Morgan fingerprint density at radius 2 is 2.26 bits per heavy atom. The van der Waals surface area contributed by atoms with E-state index in [0.29, 0.717) is 29.2 Å². The predicted octanol–water partition coefficient (Wildman–Crippen LogP) is 0.489. The summed E-state index contributed by atoms with van der Waals surface area (Å²) in [5.41, 5.74) is 1.17. The molecule has 0 saturated heterocycles. The minimum atomic E-state index is -1.53. The average Bonchev–Trinajstić information content (AvgIpc) is 3.12. The maximum atomic E-state index is 11.6. The number of ether oxygens (including phenoxy) is 2. The molecule has 0 aliphatic heterocycles. The molecule has 0 bridgehead atoms. The van der Waals surface area contributed by atoms with Crippen molar-refractivity contribution in [3.8, 4) is 0 Å². The maximum absolute atomic E-state index is 11.6. The molecule has 2 heterocycles. The number of nitrogens with zero attached hydrogens (tertiary/aromatic N) is 4. The van der Waals surface area contributed by atoms with Gasteiger partial charge in [0, 0.05) is 25.2 Å². The van der Waals surface area contributed by atoms with Gasteiger partial charge in [0.15, 0.2) is 10.8 Å². The Balaban J connectivity index is 1.79. The van der Waals surface area contributed by atoms with Crippen LogP contribution in [-0.4, -0.2) is 50.4 Å². The van der Waals surface area contributed by atoms with Gasteiger partial charge in [-0.05, 0) is 19.8 Å². The van der Waals surface area contributed by atoms with Crippen molar-refractivity contribution in [2.24, 2.45) is 5.92 Å². The summed E-state index contributed by atoms with van der Waals surface area (Å²) < 4.78 is 12.2. The second kappa shape index (κ2) is 7.06. The van der Waals surface area contributed by atoms with Crippen molar-refractivity contribution in [3.63, 3.8) is 0 Å². The average molecular weight is 342 g/mol. The predicted molar refractivity (Wildman–Crippen MR) is 79.5 cm³/mol. The smallest absolute Gasteiger partial charge is 0.165 e. The highest BCUT2D eigenvalue weighted by molar-refractivity contribution is 6.33. The van der Waals surface area contributed by atoms with Crippen LogP contribution in [0.3, 0.4) is 0 Å². The third-order valence-electron chi connectivity index (χ3n) is 4.14. The molecule has 1 fully saturated rings. The summed E-state index contributed by atoms with van der Waals surface area (Å²) in [6.45, 7) is 0.433. The quantitative estimate of drug-likeness (QED) is 0.602. The lowest BCUT2D eigenvalue weighted by molar-refractivity contribution is -0.570. The van der Waals surface area contributed by atoms with Crippen LogP contribution in [0.5, 0.6) is 0 Å². The summed E-state index contributed by atoms with van der Waals surface area (Å²) in [6.07, 6.45) is 3.91. The van der Waals surface area contributed by atoms with Crippen LogP contribution in [0, 0.1) is 5.92 Å². The molecule has 0 radical (unpaired) electrons. The number of aromatic nitrogens is 4. The lowest BCUT2D eigenvalue weighted by atomic mass is 10.1. The third kappa shape index (κ3) is 3.31. The van der Waals surface area contributed by atoms with E-state index in [4.69, 9.17) is 21.1 Å². The first-order chi connectivity index (χ1) is 11.1. The number of aliphatic hydroxyl groups is 1. The highest BCUT2D eigenvalue weighted by Gasteiger charge is 2.36. The van der Waals surface area contributed by atoms with Crippen LogP contribution in [-0.2, 0) is 9.47 Å². The van der Waals surface area contributed by atoms with Gasteiger partial charge in [-0.1, -0.05) is 11.6 Å². The molecule has 23 heavy (non-hydrogen) atoms. The van der Waals surface area contributed by atoms with Crippen molar-refractivity contribution in [2.75, 3.05) is 13.2 Å². The van der Waals surface area contributed by atoms with Crippen LogP contribution < -0.4 is 5.11 Å². The van der Waals surface area contributed by atoms with Crippen molar-refractivity contribution in [2.45, 2.75) is 38.4 Å². The molecule has 4 atom stereocenters. The van der Waals surface area contributed by atoms with E-state index in [1.165, 1.54) is 6.33 Å². The zero-order chi connectivity index (χ0) is 16.4. The molecule has 1 aliphatic rings. The van der Waals surface area contributed by atoms with E-state index in [1.54, 1.807) is 13.3 Å². The van der Waals surface area contributed by atoms with E-state index in [0.717, 1.165) is 0 Å². The number of hydrogen-bond acceptors (Lipinski definition) is 7. The molecule has 0 spiro atoms. The van der Waals surface area contributed by atoms with Gasteiger partial charge < -0.3 is 24.3 Å². The van der Waals surface area contributed by atoms with Crippen molar-refractivity contribution in [1.82, 2.24) is 19.5 Å². The van der Waals surface area contributed by atoms with E-state index in [9.17, 15) is 10.2 Å². The molecule has 2 aromatic heterocycles. The fourth-order valence-electron chi connectivity index (χ4n) is 3.05. The fraction of sp³-hybridized carbons (Fsp3) is 0.643. The lowest BCUT2D eigenvalue weighted by Crippen LogP contribution is -2.37. The van der Waals surface area contributed by atoms with Gasteiger partial charge in [-0.25, -0.2) is 15.0 Å². The standard InChI is InChI=1S/C14H18ClN4O4/c1-2-22-14(21)23-10-4-9(3-8(10)5-20)19-7-18-11-12(15)16-6-17-13(11)19/h6-10,14,20H,2-5H2,1H3/q-1/t8-,9-,10+,14-/m1/s1. The van der Waals surface area contributed by atoms with Gasteiger partial charge >= 0.3 is 0 Å². The zero-order valence-electron chi connectivity index (χ0n) is 12.6. The number of aliphatic hydroxyl groups excluding tert-OH is 1. The molecule has 1 saturated carbocycles. The summed E-state index contributed by atoms with van der Waals surface area (Å²) in [5.74, 6) is -0.133. The Morgan fingerprint density at radius 1 is 1.43 bits per heavy atom. The van der Waals surface area contributed by atoms with Crippen LogP contribution in [0.2, 0.25) is 5.15 Å². The zero-order valence-corrected chi connectivity index (χ0v) is 13.4. The molecule has 9 heteroatoms. The van der Waals surface area contributed by atoms with E-state index in [-0.39, 0.29) is 31.3 Å². The third-order valence-corrected chi connectivity index (χ3v) is 4.41. The highest BCUT2D eigenvalue weighted by Crippen LogP contribution is 2.38. The van der Waals surface area contributed by atoms with Gasteiger partial charge in [-0.2, -0.15) is 0 Å². The Morgan fingerprint density at radius 3 is 3.00 bits per heavy atom. The van der Waals surface area contributed by atoms with Gasteiger partial charge in [-0.3, -0.25) is 0 Å². The minimum absolute atomic E-state index is 0.0157. The molecular weight excluding hydrogens is 324 g/mol. The Bertz CT molecular complexity index is 667. The van der Waals surface area contributed by atoms with Gasteiger partial charge in [0.1, 0.15) is 11.8 Å². The van der Waals surface area contributed by atoms with Gasteiger partial charge in [0.2, 0.25) is 0 Å². The summed E-state index contributed by atoms with van der Waals surface area (Å²) in [5, 5.41) is 21.5. The molecular formula is C14H18ClN4O4-. The molecule has 1 N–H and O–H groups in total.